The van der Waals surface area contributed by atoms with Crippen LogP contribution in [0.3, 0.4) is 0 Å². The molecule has 0 bridgehead atoms. The average Bonchev–Trinajstić information content (AvgIpc) is 2.81. The molecule has 0 aliphatic heterocycles. The van der Waals surface area contributed by atoms with E-state index in [0.29, 0.717) is 23.7 Å². The standard InChI is InChI=1S/C27H31ClN2O4S/c1-20(2)34-25-8-4-6-22(18-25)7-5-17-29-27(31)19-30(24-13-11-23(28)12-14-24)35(32,33)26-15-9-21(3)10-16-26/h4,6,8-16,18,20H,5,7,17,19H2,1-3H3,(H,29,31). The van der Waals surface area contributed by atoms with Gasteiger partial charge in [0.15, 0.2) is 0 Å². The summed E-state index contributed by atoms with van der Waals surface area (Å²) < 4.78 is 33.6. The van der Waals surface area contributed by atoms with E-state index in [9.17, 15) is 13.2 Å². The molecular formula is C27H31ClN2O4S. The number of nitrogens with zero attached hydrogens (tertiary/aromatic N) is 1. The van der Waals surface area contributed by atoms with E-state index in [1.165, 1.54) is 0 Å². The first-order chi connectivity index (χ1) is 16.6. The van der Waals surface area contributed by atoms with Gasteiger partial charge in [0.2, 0.25) is 5.91 Å². The van der Waals surface area contributed by atoms with E-state index in [4.69, 9.17) is 16.3 Å². The molecule has 0 heterocycles. The number of hydrogen-bond acceptors (Lipinski definition) is 4. The quantitative estimate of drug-likeness (QED) is 0.348. The Bertz CT molecular complexity index is 1230. The zero-order valence-corrected chi connectivity index (χ0v) is 21.8. The highest BCUT2D eigenvalue weighted by molar-refractivity contribution is 7.92. The lowest BCUT2D eigenvalue weighted by Gasteiger charge is -2.24. The molecule has 3 aromatic carbocycles. The summed E-state index contributed by atoms with van der Waals surface area (Å²) in [6.07, 6.45) is 1.57. The zero-order chi connectivity index (χ0) is 25.4. The minimum absolute atomic E-state index is 0.101. The second-order valence-corrected chi connectivity index (χ2v) is 10.9. The van der Waals surface area contributed by atoms with Gasteiger partial charge in [-0.2, -0.15) is 0 Å². The Morgan fingerprint density at radius 2 is 1.71 bits per heavy atom. The first kappa shape index (κ1) is 26.6. The molecule has 8 heteroatoms. The highest BCUT2D eigenvalue weighted by Gasteiger charge is 2.27. The van der Waals surface area contributed by atoms with Crippen molar-refractivity contribution in [3.8, 4) is 5.75 Å². The third kappa shape index (κ3) is 7.73. The van der Waals surface area contributed by atoms with E-state index < -0.39 is 10.0 Å². The summed E-state index contributed by atoms with van der Waals surface area (Å²) in [5.41, 5.74) is 2.43. The number of carbonyl (C=O) groups is 1. The SMILES string of the molecule is Cc1ccc(S(=O)(=O)N(CC(=O)NCCCc2cccc(OC(C)C)c2)c2ccc(Cl)cc2)cc1. The minimum atomic E-state index is -3.95. The topological polar surface area (TPSA) is 75.7 Å². The van der Waals surface area contributed by atoms with Crippen LogP contribution in [0.2, 0.25) is 5.02 Å². The van der Waals surface area contributed by atoms with Gasteiger partial charge in [0.1, 0.15) is 12.3 Å². The van der Waals surface area contributed by atoms with E-state index in [2.05, 4.69) is 5.32 Å². The molecule has 3 rings (SSSR count). The summed E-state index contributed by atoms with van der Waals surface area (Å²) in [6, 6.07) is 20.8. The Balaban J connectivity index is 1.65. The minimum Gasteiger partial charge on any atom is -0.491 e. The molecule has 0 aromatic heterocycles. The number of halogens is 1. The smallest absolute Gasteiger partial charge is 0.264 e. The maximum atomic E-state index is 13.4. The van der Waals surface area contributed by atoms with Gasteiger partial charge >= 0.3 is 0 Å². The Morgan fingerprint density at radius 1 is 1.03 bits per heavy atom. The largest absolute Gasteiger partial charge is 0.491 e. The molecule has 1 N–H and O–H groups in total. The number of carbonyl (C=O) groups excluding carboxylic acids is 1. The molecule has 0 aliphatic rings. The van der Waals surface area contributed by atoms with E-state index in [-0.39, 0.29) is 23.5 Å². The van der Waals surface area contributed by atoms with Gasteiger partial charge in [0.25, 0.3) is 10.0 Å². The number of rotatable bonds is 11. The molecule has 0 unspecified atom stereocenters. The molecule has 6 nitrogen and oxygen atoms in total. The fourth-order valence-electron chi connectivity index (χ4n) is 3.51. The molecule has 0 saturated carbocycles. The van der Waals surface area contributed by atoms with Crippen molar-refractivity contribution in [3.05, 3.63) is 88.9 Å². The summed E-state index contributed by atoms with van der Waals surface area (Å²) in [5.74, 6) is 0.439. The van der Waals surface area contributed by atoms with Gasteiger partial charge < -0.3 is 10.1 Å². The third-order valence-corrected chi connectivity index (χ3v) is 7.29. The molecular weight excluding hydrogens is 484 g/mol. The molecule has 0 saturated heterocycles. The van der Waals surface area contributed by atoms with Gasteiger partial charge in [-0.05, 0) is 87.7 Å². The summed E-state index contributed by atoms with van der Waals surface area (Å²) in [5, 5.41) is 3.32. The number of nitrogens with one attached hydrogen (secondary N) is 1. The number of aryl methyl sites for hydroxylation is 2. The predicted molar refractivity (Wildman–Crippen MR) is 141 cm³/mol. The van der Waals surface area contributed by atoms with Gasteiger partial charge in [-0.3, -0.25) is 9.10 Å². The van der Waals surface area contributed by atoms with Gasteiger partial charge in [-0.1, -0.05) is 41.4 Å². The predicted octanol–water partition coefficient (Wildman–Crippen LogP) is 5.38. The van der Waals surface area contributed by atoms with Crippen LogP contribution in [0.15, 0.2) is 77.7 Å². The van der Waals surface area contributed by atoms with Crippen LogP contribution >= 0.6 is 11.6 Å². The first-order valence-electron chi connectivity index (χ1n) is 11.5. The summed E-state index contributed by atoms with van der Waals surface area (Å²) >= 11 is 5.99. The van der Waals surface area contributed by atoms with Gasteiger partial charge in [-0.15, -0.1) is 0 Å². The van der Waals surface area contributed by atoms with E-state index in [1.807, 2.05) is 45.0 Å². The lowest BCUT2D eigenvalue weighted by molar-refractivity contribution is -0.119. The van der Waals surface area contributed by atoms with Crippen LogP contribution in [0.5, 0.6) is 5.75 Å². The second kappa shape index (κ2) is 12.1. The van der Waals surface area contributed by atoms with Crippen LogP contribution in [0.25, 0.3) is 0 Å². The van der Waals surface area contributed by atoms with Crippen molar-refractivity contribution >= 4 is 33.2 Å². The molecule has 3 aromatic rings. The highest BCUT2D eigenvalue weighted by atomic mass is 35.5. The molecule has 0 aliphatic carbocycles. The van der Waals surface area contributed by atoms with Crippen molar-refractivity contribution in [1.29, 1.82) is 0 Å². The van der Waals surface area contributed by atoms with Crippen LogP contribution in [-0.4, -0.2) is 33.5 Å². The molecule has 1 amide bonds. The van der Waals surface area contributed by atoms with E-state index in [0.717, 1.165) is 27.6 Å². The van der Waals surface area contributed by atoms with Crippen LogP contribution in [0, 0.1) is 6.92 Å². The van der Waals surface area contributed by atoms with Crippen molar-refractivity contribution in [2.75, 3.05) is 17.4 Å². The van der Waals surface area contributed by atoms with Crippen molar-refractivity contribution < 1.29 is 17.9 Å². The summed E-state index contributed by atoms with van der Waals surface area (Å²) in [4.78, 5) is 12.9. The van der Waals surface area contributed by atoms with Crippen LogP contribution in [0.1, 0.15) is 31.4 Å². The normalized spacial score (nSPS) is 11.3. The van der Waals surface area contributed by atoms with Gasteiger partial charge in [0, 0.05) is 11.6 Å². The molecule has 0 radical (unpaired) electrons. The zero-order valence-electron chi connectivity index (χ0n) is 20.2. The van der Waals surface area contributed by atoms with Crippen molar-refractivity contribution in [2.45, 2.75) is 44.6 Å². The average molecular weight is 515 g/mol. The lowest BCUT2D eigenvalue weighted by Crippen LogP contribution is -2.41. The number of sulfonamides is 1. The Hall–Kier alpha value is -3.03. The Kier molecular flexibility index (Phi) is 9.18. The summed E-state index contributed by atoms with van der Waals surface area (Å²) in [7, 11) is -3.95. The Labute approximate surface area is 212 Å². The lowest BCUT2D eigenvalue weighted by atomic mass is 10.1. The monoisotopic (exact) mass is 514 g/mol. The second-order valence-electron chi connectivity index (χ2n) is 8.57. The van der Waals surface area contributed by atoms with E-state index in [1.54, 1.807) is 48.5 Å². The Morgan fingerprint density at radius 3 is 2.37 bits per heavy atom. The maximum Gasteiger partial charge on any atom is 0.264 e. The number of amides is 1. The van der Waals surface area contributed by atoms with Crippen LogP contribution in [0.4, 0.5) is 5.69 Å². The van der Waals surface area contributed by atoms with Gasteiger partial charge in [-0.25, -0.2) is 8.42 Å². The van der Waals surface area contributed by atoms with Crippen LogP contribution < -0.4 is 14.4 Å². The summed E-state index contributed by atoms with van der Waals surface area (Å²) in [6.45, 7) is 5.93. The number of hydrogen-bond donors (Lipinski definition) is 1. The highest BCUT2D eigenvalue weighted by Crippen LogP contribution is 2.25. The number of anilines is 1. The molecule has 35 heavy (non-hydrogen) atoms. The number of benzene rings is 3. The van der Waals surface area contributed by atoms with Crippen molar-refractivity contribution in [1.82, 2.24) is 5.32 Å². The maximum absolute atomic E-state index is 13.4. The molecule has 186 valence electrons. The fraction of sp³-hybridized carbons (Fsp3) is 0.296. The van der Waals surface area contributed by atoms with E-state index >= 15 is 0 Å². The molecule has 0 spiro atoms. The third-order valence-electron chi connectivity index (χ3n) is 5.25. The fourth-order valence-corrected chi connectivity index (χ4v) is 5.06. The van der Waals surface area contributed by atoms with Crippen LogP contribution in [-0.2, 0) is 21.2 Å². The number of ether oxygens (including phenoxy) is 1. The van der Waals surface area contributed by atoms with Gasteiger partial charge in [0.05, 0.1) is 16.7 Å². The first-order valence-corrected chi connectivity index (χ1v) is 13.3. The molecule has 0 fully saturated rings. The van der Waals surface area contributed by atoms with Crippen molar-refractivity contribution in [3.63, 3.8) is 0 Å². The van der Waals surface area contributed by atoms with Crippen molar-refractivity contribution in [2.24, 2.45) is 0 Å². The molecule has 0 atom stereocenters.